The number of esters is 1. The van der Waals surface area contributed by atoms with Crippen LogP contribution in [0.3, 0.4) is 0 Å². The number of rotatable bonds is 13. The summed E-state index contributed by atoms with van der Waals surface area (Å²) in [6.45, 7) is 6.81. The maximum atomic E-state index is 12.4. The molecular weight excluding hydrogens is 709 g/mol. The molecule has 0 fully saturated rings. The third-order valence-corrected chi connectivity index (χ3v) is 9.20. The van der Waals surface area contributed by atoms with Crippen molar-refractivity contribution in [1.29, 1.82) is 0 Å². The Balaban J connectivity index is 0.884. The highest BCUT2D eigenvalue weighted by atomic mass is 32.1. The van der Waals surface area contributed by atoms with Crippen LogP contribution < -0.4 is 26.6 Å². The van der Waals surface area contributed by atoms with Crippen LogP contribution in [0.5, 0.6) is 0 Å². The number of carbonyl (C=O) groups excluding carboxylic acids is 3. The molecule has 0 saturated carbocycles. The SMILES string of the molecule is C=C(C)C(=O)OCCCNC(=S)Nc1ccc2c(c1)Cc1cc(NC(=S)NCCCOC(=O)Nc3ccc4c(c3)Cc3cc(N=C=O)ccc3-4)ccc1-2. The number of carbonyl (C=O) groups is 2. The van der Waals surface area contributed by atoms with Crippen LogP contribution in [0.2, 0.25) is 0 Å². The Morgan fingerprint density at radius 2 is 1.15 bits per heavy atom. The Labute approximate surface area is 318 Å². The van der Waals surface area contributed by atoms with E-state index in [1.165, 1.54) is 22.3 Å². The van der Waals surface area contributed by atoms with E-state index >= 15 is 0 Å². The number of thiocarbonyl (C=S) groups is 2. The van der Waals surface area contributed by atoms with Crippen LogP contribution in [0.15, 0.2) is 89.9 Å². The summed E-state index contributed by atoms with van der Waals surface area (Å²) < 4.78 is 10.5. The molecule has 13 heteroatoms. The molecule has 0 spiro atoms. The molecular formula is C40H38N6O5S2. The molecule has 0 bridgehead atoms. The van der Waals surface area contributed by atoms with Gasteiger partial charge in [-0.2, -0.15) is 4.99 Å². The van der Waals surface area contributed by atoms with Crippen LogP contribution in [0, 0.1) is 0 Å². The second-order valence-electron chi connectivity index (χ2n) is 12.7. The highest BCUT2D eigenvalue weighted by molar-refractivity contribution is 7.80. The molecule has 53 heavy (non-hydrogen) atoms. The van der Waals surface area contributed by atoms with Crippen LogP contribution >= 0.6 is 24.4 Å². The van der Waals surface area contributed by atoms with Gasteiger partial charge in [0.1, 0.15) is 0 Å². The molecule has 2 aliphatic rings. The Bertz CT molecular complexity index is 2160. The predicted octanol–water partition coefficient (Wildman–Crippen LogP) is 7.52. The third kappa shape index (κ3) is 9.52. The first kappa shape index (κ1) is 36.9. The van der Waals surface area contributed by atoms with Gasteiger partial charge in [0.05, 0.1) is 18.9 Å². The summed E-state index contributed by atoms with van der Waals surface area (Å²) in [5.74, 6) is -0.389. The zero-order chi connectivity index (χ0) is 37.3. The lowest BCUT2D eigenvalue weighted by Gasteiger charge is -2.12. The van der Waals surface area contributed by atoms with Gasteiger partial charge in [-0.3, -0.25) is 5.32 Å². The van der Waals surface area contributed by atoms with E-state index in [9.17, 15) is 14.4 Å². The molecule has 0 aromatic heterocycles. The number of amides is 1. The van der Waals surface area contributed by atoms with Crippen LogP contribution in [0.1, 0.15) is 42.0 Å². The van der Waals surface area contributed by atoms with Crippen molar-refractivity contribution in [1.82, 2.24) is 10.6 Å². The number of isocyanates is 1. The molecule has 0 heterocycles. The first-order chi connectivity index (χ1) is 25.7. The number of hydrogen-bond acceptors (Lipinski definition) is 8. The zero-order valence-corrected chi connectivity index (χ0v) is 30.7. The molecule has 0 atom stereocenters. The largest absolute Gasteiger partial charge is 0.462 e. The fourth-order valence-electron chi connectivity index (χ4n) is 6.27. The van der Waals surface area contributed by atoms with Gasteiger partial charge in [0.25, 0.3) is 0 Å². The maximum Gasteiger partial charge on any atom is 0.411 e. The summed E-state index contributed by atoms with van der Waals surface area (Å²) >= 11 is 11.0. The van der Waals surface area contributed by atoms with Crippen LogP contribution in [0.25, 0.3) is 22.3 Å². The molecule has 0 radical (unpaired) electrons. The van der Waals surface area contributed by atoms with Gasteiger partial charge in [-0.05, 0) is 150 Å². The first-order valence-corrected chi connectivity index (χ1v) is 17.9. The van der Waals surface area contributed by atoms with E-state index in [0.29, 0.717) is 66.1 Å². The Morgan fingerprint density at radius 1 is 0.698 bits per heavy atom. The normalized spacial score (nSPS) is 11.4. The fourth-order valence-corrected chi connectivity index (χ4v) is 6.71. The highest BCUT2D eigenvalue weighted by Crippen LogP contribution is 2.40. The third-order valence-electron chi connectivity index (χ3n) is 8.71. The number of aliphatic imine (C=N–C) groups is 1. The summed E-state index contributed by atoms with van der Waals surface area (Å²) in [6.07, 6.45) is 3.71. The van der Waals surface area contributed by atoms with Gasteiger partial charge >= 0.3 is 12.1 Å². The first-order valence-electron chi connectivity index (χ1n) is 17.1. The number of nitrogens with zero attached hydrogens (tertiary/aromatic N) is 1. The molecule has 2 aliphatic carbocycles. The van der Waals surface area contributed by atoms with E-state index in [0.717, 1.165) is 40.0 Å². The van der Waals surface area contributed by atoms with Gasteiger partial charge in [-0.1, -0.05) is 30.8 Å². The Kier molecular flexibility index (Phi) is 11.9. The monoisotopic (exact) mass is 746 g/mol. The highest BCUT2D eigenvalue weighted by Gasteiger charge is 2.21. The standard InChI is InChI=1S/C40H38N6O5S2/c1-24(2)37(48)50-15-3-13-41-38(52)44-30-6-10-34-26(20-30)18-27-21-31(7-11-35(27)34)45-39(53)42-14-4-16-51-40(49)46-32-8-12-36-28(22-32)17-25-19-29(43-23-47)5-9-33(25)36/h5-12,19-22H,1,3-4,13-18H2,2H3,(H,46,49)(H2,41,44,52)(H2,42,45,53). The number of anilines is 3. The smallest absolute Gasteiger partial charge is 0.411 e. The van der Waals surface area contributed by atoms with Crippen molar-refractivity contribution in [3.8, 4) is 22.3 Å². The second-order valence-corrected chi connectivity index (χ2v) is 13.5. The molecule has 5 N–H and O–H groups in total. The predicted molar refractivity (Wildman–Crippen MR) is 216 cm³/mol. The van der Waals surface area contributed by atoms with E-state index in [1.807, 2.05) is 42.5 Å². The molecule has 0 unspecified atom stereocenters. The lowest BCUT2D eigenvalue weighted by Crippen LogP contribution is -2.30. The summed E-state index contributed by atoms with van der Waals surface area (Å²) in [5, 5.41) is 16.6. The summed E-state index contributed by atoms with van der Waals surface area (Å²) in [5.41, 5.74) is 12.5. The molecule has 4 aromatic rings. The van der Waals surface area contributed by atoms with Crippen molar-refractivity contribution >= 4 is 75.6 Å². The van der Waals surface area contributed by atoms with Gasteiger partial charge in [0.2, 0.25) is 6.08 Å². The van der Waals surface area contributed by atoms with Gasteiger partial charge in [0.15, 0.2) is 10.2 Å². The van der Waals surface area contributed by atoms with Crippen molar-refractivity contribution in [2.75, 3.05) is 42.3 Å². The molecule has 0 aliphatic heterocycles. The van der Waals surface area contributed by atoms with Crippen molar-refractivity contribution < 1.29 is 23.9 Å². The van der Waals surface area contributed by atoms with Crippen molar-refractivity contribution in [2.24, 2.45) is 4.99 Å². The quantitative estimate of drug-likeness (QED) is 0.0200. The van der Waals surface area contributed by atoms with Gasteiger partial charge in [-0.25, -0.2) is 14.4 Å². The van der Waals surface area contributed by atoms with E-state index in [-0.39, 0.29) is 12.6 Å². The summed E-state index contributed by atoms with van der Waals surface area (Å²) in [7, 11) is 0. The Morgan fingerprint density at radius 3 is 1.64 bits per heavy atom. The summed E-state index contributed by atoms with van der Waals surface area (Å²) in [4.78, 5) is 38.2. The van der Waals surface area contributed by atoms with Crippen molar-refractivity contribution in [2.45, 2.75) is 32.6 Å². The minimum Gasteiger partial charge on any atom is -0.462 e. The second kappa shape index (κ2) is 17.1. The number of nitrogens with one attached hydrogen (secondary N) is 5. The van der Waals surface area contributed by atoms with Crippen molar-refractivity contribution in [3.05, 3.63) is 107 Å². The number of ether oxygens (including phenoxy) is 2. The van der Waals surface area contributed by atoms with E-state index < -0.39 is 6.09 Å². The molecule has 0 saturated heterocycles. The molecule has 4 aromatic carbocycles. The van der Waals surface area contributed by atoms with Crippen LogP contribution in [0.4, 0.5) is 27.5 Å². The van der Waals surface area contributed by atoms with Crippen molar-refractivity contribution in [3.63, 3.8) is 0 Å². The topological polar surface area (TPSA) is 142 Å². The average molecular weight is 747 g/mol. The number of benzene rings is 4. The van der Waals surface area contributed by atoms with Crippen LogP contribution in [-0.2, 0) is 31.9 Å². The average Bonchev–Trinajstić information content (AvgIpc) is 3.67. The Hall–Kier alpha value is -5.88. The van der Waals surface area contributed by atoms with Gasteiger partial charge < -0.3 is 30.7 Å². The number of fused-ring (bicyclic) bond motifs is 6. The van der Waals surface area contributed by atoms with E-state index in [1.54, 1.807) is 19.1 Å². The van der Waals surface area contributed by atoms with E-state index in [4.69, 9.17) is 33.9 Å². The maximum absolute atomic E-state index is 12.4. The lowest BCUT2D eigenvalue weighted by atomic mass is 10.1. The lowest BCUT2D eigenvalue weighted by molar-refractivity contribution is -0.138. The molecule has 11 nitrogen and oxygen atoms in total. The molecule has 1 amide bonds. The molecule has 6 rings (SSSR count). The van der Waals surface area contributed by atoms with Crippen LogP contribution in [-0.4, -0.2) is 54.7 Å². The zero-order valence-electron chi connectivity index (χ0n) is 29.1. The minimum atomic E-state index is -0.527. The fraction of sp³-hybridized carbons (Fsp3) is 0.225. The van der Waals surface area contributed by atoms with Gasteiger partial charge in [-0.15, -0.1) is 0 Å². The molecule has 270 valence electrons. The van der Waals surface area contributed by atoms with E-state index in [2.05, 4.69) is 62.4 Å². The number of hydrogen-bond donors (Lipinski definition) is 5. The summed E-state index contributed by atoms with van der Waals surface area (Å²) in [6, 6.07) is 23.8. The van der Waals surface area contributed by atoms with Gasteiger partial charge in [0, 0.05) is 35.7 Å². The minimum absolute atomic E-state index is 0.222.